The van der Waals surface area contributed by atoms with E-state index in [0.29, 0.717) is 41.3 Å². The molecule has 3 heterocycles. The van der Waals surface area contributed by atoms with Gasteiger partial charge in [0.25, 0.3) is 11.8 Å². The Morgan fingerprint density at radius 1 is 1.28 bits per heavy atom. The number of likely N-dealkylation sites (tertiary alicyclic amines) is 1. The molecular weight excluding hydrogens is 446 g/mol. The number of benzene rings is 1. The highest BCUT2D eigenvalue weighted by Crippen LogP contribution is 2.50. The number of rotatable bonds is 5. The van der Waals surface area contributed by atoms with E-state index in [9.17, 15) is 9.59 Å². The van der Waals surface area contributed by atoms with Gasteiger partial charge in [-0.15, -0.1) is 11.3 Å². The van der Waals surface area contributed by atoms with Crippen molar-refractivity contribution in [1.29, 1.82) is 0 Å². The molecule has 1 aromatic carbocycles. The number of aryl methyl sites for hydroxylation is 3. The Bertz CT molecular complexity index is 1220. The van der Waals surface area contributed by atoms with Crippen LogP contribution in [0.1, 0.15) is 38.1 Å². The van der Waals surface area contributed by atoms with Gasteiger partial charge < -0.3 is 10.2 Å². The van der Waals surface area contributed by atoms with Gasteiger partial charge >= 0.3 is 0 Å². The lowest BCUT2D eigenvalue weighted by molar-refractivity contribution is 0.0690. The molecule has 1 N–H and O–H groups in total. The van der Waals surface area contributed by atoms with Crippen LogP contribution in [-0.2, 0) is 7.05 Å². The number of halogens is 1. The molecule has 2 aromatic heterocycles. The minimum atomic E-state index is -0.172. The van der Waals surface area contributed by atoms with Crippen LogP contribution in [0.2, 0.25) is 5.02 Å². The number of piperidine rings is 1. The summed E-state index contributed by atoms with van der Waals surface area (Å²) in [5.41, 5.74) is 2.68. The summed E-state index contributed by atoms with van der Waals surface area (Å²) in [6, 6.07) is 9.24. The highest BCUT2D eigenvalue weighted by Gasteiger charge is 2.54. The van der Waals surface area contributed by atoms with Crippen molar-refractivity contribution in [2.75, 3.05) is 13.1 Å². The van der Waals surface area contributed by atoms with E-state index in [-0.39, 0.29) is 17.9 Å². The van der Waals surface area contributed by atoms with E-state index in [1.807, 2.05) is 43.0 Å². The second-order valence-corrected chi connectivity index (χ2v) is 10.2. The van der Waals surface area contributed by atoms with Crippen LogP contribution >= 0.6 is 22.9 Å². The van der Waals surface area contributed by atoms with Gasteiger partial charge in [0.05, 0.1) is 21.6 Å². The molecule has 9 heteroatoms. The quantitative estimate of drug-likeness (QED) is 0.617. The standard InChI is InChI=1S/C23H24ClN5O2S/c1-12-7-18(28(3)27-12)22(30)25-10-19-17-9-15(17)11-29(19)23(31)20-21(32-13(2)26-20)14-5-4-6-16(24)8-14/h4-8,15,17,19H,9-11H2,1-3H3,(H,25,30)/t15-,17-,19-/m1/s1. The molecule has 7 nitrogen and oxygen atoms in total. The van der Waals surface area contributed by atoms with Gasteiger partial charge in [-0.25, -0.2) is 4.98 Å². The van der Waals surface area contributed by atoms with Gasteiger partial charge in [0, 0.05) is 25.2 Å². The van der Waals surface area contributed by atoms with Crippen molar-refractivity contribution >= 4 is 34.8 Å². The number of carbonyl (C=O) groups excluding carboxylic acids is 2. The average molecular weight is 470 g/mol. The van der Waals surface area contributed by atoms with E-state index >= 15 is 0 Å². The Morgan fingerprint density at radius 2 is 2.09 bits per heavy atom. The largest absolute Gasteiger partial charge is 0.349 e. The molecule has 1 saturated heterocycles. The van der Waals surface area contributed by atoms with Crippen molar-refractivity contribution in [3.05, 3.63) is 57.4 Å². The van der Waals surface area contributed by atoms with Crippen LogP contribution in [0.15, 0.2) is 30.3 Å². The number of nitrogens with zero attached hydrogens (tertiary/aromatic N) is 4. The number of fused-ring (bicyclic) bond motifs is 1. The SMILES string of the molecule is Cc1cc(C(=O)NC[C@@H]2[C@@H]3C[C@@H]3CN2C(=O)c2nc(C)sc2-c2cccc(Cl)c2)n(C)n1. The van der Waals surface area contributed by atoms with Crippen LogP contribution in [0.3, 0.4) is 0 Å². The third kappa shape index (κ3) is 3.82. The second-order valence-electron chi connectivity index (χ2n) is 8.61. The highest BCUT2D eigenvalue weighted by molar-refractivity contribution is 7.15. The van der Waals surface area contributed by atoms with Crippen molar-refractivity contribution in [3.63, 3.8) is 0 Å². The zero-order valence-electron chi connectivity index (χ0n) is 18.1. The predicted molar refractivity (Wildman–Crippen MR) is 124 cm³/mol. The van der Waals surface area contributed by atoms with E-state index < -0.39 is 0 Å². The van der Waals surface area contributed by atoms with Crippen molar-refractivity contribution in [2.45, 2.75) is 26.3 Å². The van der Waals surface area contributed by atoms with Crippen LogP contribution in [0.5, 0.6) is 0 Å². The van der Waals surface area contributed by atoms with Crippen LogP contribution < -0.4 is 5.32 Å². The lowest BCUT2D eigenvalue weighted by Gasteiger charge is -2.27. The fourth-order valence-electron chi connectivity index (χ4n) is 4.71. The molecule has 2 aliphatic rings. The van der Waals surface area contributed by atoms with Crippen LogP contribution in [-0.4, -0.2) is 50.6 Å². The number of hydrogen-bond acceptors (Lipinski definition) is 5. The monoisotopic (exact) mass is 469 g/mol. The summed E-state index contributed by atoms with van der Waals surface area (Å²) >= 11 is 7.68. The lowest BCUT2D eigenvalue weighted by atomic mass is 10.1. The predicted octanol–water partition coefficient (Wildman–Crippen LogP) is 3.70. The molecule has 0 spiro atoms. The molecule has 0 bridgehead atoms. The first-order chi connectivity index (χ1) is 15.3. The average Bonchev–Trinajstić information content (AvgIpc) is 3.07. The second kappa shape index (κ2) is 8.01. The van der Waals surface area contributed by atoms with Crippen LogP contribution in [0.25, 0.3) is 10.4 Å². The van der Waals surface area contributed by atoms with E-state index in [4.69, 9.17) is 11.6 Å². The van der Waals surface area contributed by atoms with Gasteiger partial charge in [0.2, 0.25) is 0 Å². The zero-order chi connectivity index (χ0) is 22.6. The van der Waals surface area contributed by atoms with Gasteiger partial charge in [0.15, 0.2) is 0 Å². The molecule has 3 atom stereocenters. The minimum Gasteiger partial charge on any atom is -0.349 e. The van der Waals surface area contributed by atoms with E-state index in [2.05, 4.69) is 15.4 Å². The smallest absolute Gasteiger partial charge is 0.274 e. The van der Waals surface area contributed by atoms with Gasteiger partial charge in [0.1, 0.15) is 11.4 Å². The fraction of sp³-hybridized carbons (Fsp3) is 0.391. The maximum Gasteiger partial charge on any atom is 0.274 e. The Kier molecular flexibility index (Phi) is 5.29. The summed E-state index contributed by atoms with van der Waals surface area (Å²) in [5, 5.41) is 8.72. The van der Waals surface area contributed by atoms with E-state index in [1.165, 1.54) is 11.3 Å². The minimum absolute atomic E-state index is 0.0278. The summed E-state index contributed by atoms with van der Waals surface area (Å²) in [4.78, 5) is 33.6. The molecule has 5 rings (SSSR count). The molecule has 0 unspecified atom stereocenters. The Labute approximate surface area is 195 Å². The fourth-order valence-corrected chi connectivity index (χ4v) is 5.81. The number of thiazole rings is 1. The van der Waals surface area contributed by atoms with Gasteiger partial charge in [-0.2, -0.15) is 5.10 Å². The highest BCUT2D eigenvalue weighted by atomic mass is 35.5. The molecular formula is C23H24ClN5O2S. The van der Waals surface area contributed by atoms with Gasteiger partial charge in [-0.3, -0.25) is 14.3 Å². The molecule has 3 aromatic rings. The van der Waals surface area contributed by atoms with Crippen molar-refractivity contribution in [2.24, 2.45) is 18.9 Å². The van der Waals surface area contributed by atoms with Crippen molar-refractivity contribution in [3.8, 4) is 10.4 Å². The van der Waals surface area contributed by atoms with Crippen molar-refractivity contribution in [1.82, 2.24) is 25.0 Å². The summed E-state index contributed by atoms with van der Waals surface area (Å²) in [7, 11) is 1.76. The number of carbonyl (C=O) groups is 2. The third-order valence-electron chi connectivity index (χ3n) is 6.29. The first kappa shape index (κ1) is 21.2. The number of nitrogens with one attached hydrogen (secondary N) is 1. The molecule has 0 radical (unpaired) electrons. The zero-order valence-corrected chi connectivity index (χ0v) is 19.7. The summed E-state index contributed by atoms with van der Waals surface area (Å²) in [5.74, 6) is 0.692. The Balaban J connectivity index is 1.36. The van der Waals surface area contributed by atoms with Crippen LogP contribution in [0, 0.1) is 25.7 Å². The molecule has 2 fully saturated rings. The summed E-state index contributed by atoms with van der Waals surface area (Å²) < 4.78 is 1.58. The molecule has 32 heavy (non-hydrogen) atoms. The van der Waals surface area contributed by atoms with Gasteiger partial charge in [-0.1, -0.05) is 23.7 Å². The first-order valence-corrected chi connectivity index (χ1v) is 11.8. The Hall–Kier alpha value is -2.71. The third-order valence-corrected chi connectivity index (χ3v) is 7.55. The first-order valence-electron chi connectivity index (χ1n) is 10.6. The van der Waals surface area contributed by atoms with E-state index in [0.717, 1.165) is 27.6 Å². The van der Waals surface area contributed by atoms with Crippen LogP contribution in [0.4, 0.5) is 0 Å². The topological polar surface area (TPSA) is 80.1 Å². The van der Waals surface area contributed by atoms with Crippen molar-refractivity contribution < 1.29 is 9.59 Å². The molecule has 1 aliphatic carbocycles. The maximum atomic E-state index is 13.6. The molecule has 1 saturated carbocycles. The normalized spacial score (nSPS) is 21.5. The summed E-state index contributed by atoms with van der Waals surface area (Å²) in [6.45, 7) is 4.90. The molecule has 2 amide bonds. The number of amides is 2. The Morgan fingerprint density at radius 3 is 2.81 bits per heavy atom. The molecule has 1 aliphatic heterocycles. The van der Waals surface area contributed by atoms with Gasteiger partial charge in [-0.05, 0) is 55.9 Å². The maximum absolute atomic E-state index is 13.6. The number of hydrogen-bond donors (Lipinski definition) is 1. The summed E-state index contributed by atoms with van der Waals surface area (Å²) in [6.07, 6.45) is 1.10. The molecule has 166 valence electrons. The van der Waals surface area contributed by atoms with E-state index in [1.54, 1.807) is 17.8 Å². The number of aromatic nitrogens is 3. The lowest BCUT2D eigenvalue weighted by Crippen LogP contribution is -2.46.